The number of H-pyrrole nitrogens is 1. The van der Waals surface area contributed by atoms with Crippen LogP contribution < -0.4 is 10.0 Å². The number of carbonyl (C=O) groups is 1. The van der Waals surface area contributed by atoms with Gasteiger partial charge in [0.1, 0.15) is 5.78 Å². The third kappa shape index (κ3) is 5.95. The maximum Gasteiger partial charge on any atom is 0.211 e. The summed E-state index contributed by atoms with van der Waals surface area (Å²) in [5.41, 5.74) is 0.875. The topological polar surface area (TPSA) is 104 Å². The number of hydrogen-bond donors (Lipinski definition) is 3. The van der Waals surface area contributed by atoms with Gasteiger partial charge in [0.15, 0.2) is 0 Å². The summed E-state index contributed by atoms with van der Waals surface area (Å²) >= 11 is 0. The monoisotopic (exact) mass is 288 g/mol. The minimum atomic E-state index is -3.35. The summed E-state index contributed by atoms with van der Waals surface area (Å²) in [6, 6.07) is -0.413. The summed E-state index contributed by atoms with van der Waals surface area (Å²) in [6.45, 7) is 1.76. The maximum absolute atomic E-state index is 11.7. The highest BCUT2D eigenvalue weighted by atomic mass is 32.2. The lowest BCUT2D eigenvalue weighted by molar-refractivity contribution is -0.118. The fourth-order valence-electron chi connectivity index (χ4n) is 1.66. The molecule has 8 heteroatoms. The highest BCUT2D eigenvalue weighted by Gasteiger charge is 2.17. The third-order valence-corrected chi connectivity index (χ3v) is 4.20. The van der Waals surface area contributed by atoms with Crippen LogP contribution in [0.4, 0.5) is 0 Å². The summed E-state index contributed by atoms with van der Waals surface area (Å²) < 4.78 is 26.0. The Labute approximate surface area is 113 Å². The van der Waals surface area contributed by atoms with Crippen molar-refractivity contribution < 1.29 is 13.2 Å². The smallest absolute Gasteiger partial charge is 0.211 e. The Kier molecular flexibility index (Phi) is 6.13. The van der Waals surface area contributed by atoms with E-state index in [1.54, 1.807) is 19.6 Å². The number of nitrogens with zero attached hydrogens (tertiary/aromatic N) is 1. The molecule has 0 bridgehead atoms. The summed E-state index contributed by atoms with van der Waals surface area (Å²) in [4.78, 5) is 17.9. The fourth-order valence-corrected chi connectivity index (χ4v) is 2.76. The molecule has 7 nitrogen and oxygen atoms in total. The lowest BCUT2D eigenvalue weighted by Gasteiger charge is -2.12. The molecule has 3 N–H and O–H groups in total. The Bertz CT molecular complexity index is 484. The normalized spacial score (nSPS) is 13.4. The minimum Gasteiger partial charge on any atom is -0.348 e. The van der Waals surface area contributed by atoms with Crippen molar-refractivity contribution in [3.8, 4) is 0 Å². The van der Waals surface area contributed by atoms with Gasteiger partial charge in [-0.3, -0.25) is 4.79 Å². The van der Waals surface area contributed by atoms with Gasteiger partial charge < -0.3 is 10.3 Å². The highest BCUT2D eigenvalue weighted by Crippen LogP contribution is 1.98. The number of likely N-dealkylation sites (N-methyl/N-ethyl adjacent to an activating group) is 1. The van der Waals surface area contributed by atoms with Gasteiger partial charge in [-0.1, -0.05) is 0 Å². The number of rotatable bonds is 9. The number of ketones is 1. The van der Waals surface area contributed by atoms with E-state index in [0.717, 1.165) is 5.69 Å². The number of hydrogen-bond acceptors (Lipinski definition) is 5. The first-order chi connectivity index (χ1) is 8.94. The predicted octanol–water partition coefficient (Wildman–Crippen LogP) is -0.561. The van der Waals surface area contributed by atoms with Gasteiger partial charge in [0.25, 0.3) is 0 Å². The number of aromatic nitrogens is 2. The molecule has 0 aliphatic heterocycles. The van der Waals surface area contributed by atoms with Crippen LogP contribution in [0.3, 0.4) is 0 Å². The summed E-state index contributed by atoms with van der Waals surface area (Å²) in [6.07, 6.45) is 4.03. The molecule has 1 unspecified atom stereocenters. The quantitative estimate of drug-likeness (QED) is 0.565. The van der Waals surface area contributed by atoms with Gasteiger partial charge in [0.2, 0.25) is 10.0 Å². The lowest BCUT2D eigenvalue weighted by atomic mass is 10.1. The lowest BCUT2D eigenvalue weighted by Crippen LogP contribution is -2.36. The zero-order valence-electron chi connectivity index (χ0n) is 11.1. The molecular weight excluding hydrogens is 268 g/mol. The van der Waals surface area contributed by atoms with Crippen molar-refractivity contribution in [2.45, 2.75) is 25.8 Å². The van der Waals surface area contributed by atoms with Crippen molar-refractivity contribution in [2.24, 2.45) is 0 Å². The molecule has 108 valence electrons. The Morgan fingerprint density at radius 2 is 2.26 bits per heavy atom. The van der Waals surface area contributed by atoms with E-state index in [2.05, 4.69) is 20.0 Å². The van der Waals surface area contributed by atoms with E-state index >= 15 is 0 Å². The van der Waals surface area contributed by atoms with Gasteiger partial charge in [-0.05, 0) is 20.4 Å². The van der Waals surface area contributed by atoms with E-state index in [1.165, 1.54) is 6.92 Å². The van der Waals surface area contributed by atoms with E-state index in [9.17, 15) is 13.2 Å². The van der Waals surface area contributed by atoms with Gasteiger partial charge in [0, 0.05) is 24.9 Å². The summed E-state index contributed by atoms with van der Waals surface area (Å²) in [5.74, 6) is -0.128. The van der Waals surface area contributed by atoms with Crippen LogP contribution in [0.2, 0.25) is 0 Å². The van der Waals surface area contributed by atoms with Gasteiger partial charge in [-0.15, -0.1) is 0 Å². The third-order valence-electron chi connectivity index (χ3n) is 2.79. The van der Waals surface area contributed by atoms with E-state index < -0.39 is 16.1 Å². The van der Waals surface area contributed by atoms with Crippen LogP contribution >= 0.6 is 0 Å². The molecule has 0 aromatic carbocycles. The molecule has 0 saturated heterocycles. The average molecular weight is 288 g/mol. The van der Waals surface area contributed by atoms with Gasteiger partial charge >= 0.3 is 0 Å². The number of nitrogens with one attached hydrogen (secondary N) is 3. The second-order valence-corrected chi connectivity index (χ2v) is 6.21. The van der Waals surface area contributed by atoms with Crippen molar-refractivity contribution >= 4 is 15.8 Å². The first-order valence-electron chi connectivity index (χ1n) is 6.07. The number of sulfonamides is 1. The van der Waals surface area contributed by atoms with Crippen LogP contribution in [0, 0.1) is 0 Å². The van der Waals surface area contributed by atoms with E-state index in [4.69, 9.17) is 0 Å². The number of Topliss-reactive ketones (excluding diaryl/α,β-unsaturated/α-hetero) is 1. The van der Waals surface area contributed by atoms with Crippen LogP contribution in [0.5, 0.6) is 0 Å². The zero-order chi connectivity index (χ0) is 14.3. The summed E-state index contributed by atoms with van der Waals surface area (Å²) in [5, 5.41) is 2.80. The van der Waals surface area contributed by atoms with Crippen LogP contribution in [-0.4, -0.2) is 49.6 Å². The van der Waals surface area contributed by atoms with E-state index in [-0.39, 0.29) is 18.0 Å². The molecule has 0 aliphatic rings. The molecule has 1 aromatic rings. The molecule has 1 heterocycles. The second kappa shape index (κ2) is 7.37. The standard InChI is InChI=1S/C11H20N4O3S/c1-9(16)11(12-2)4-6-19(17,18)15-5-3-10-7-13-8-14-10/h7-8,11-12,15H,3-6H2,1-2H3,(H,13,14). The molecular formula is C11H20N4O3S. The molecule has 0 aliphatic carbocycles. The molecule has 19 heavy (non-hydrogen) atoms. The van der Waals surface area contributed by atoms with Crippen LogP contribution in [-0.2, 0) is 21.2 Å². The molecule has 0 spiro atoms. The van der Waals surface area contributed by atoms with E-state index in [0.29, 0.717) is 13.0 Å². The van der Waals surface area contributed by atoms with Crippen molar-refractivity contribution in [1.82, 2.24) is 20.0 Å². The first-order valence-corrected chi connectivity index (χ1v) is 7.72. The Hall–Kier alpha value is -1.25. The summed E-state index contributed by atoms with van der Waals surface area (Å²) in [7, 11) is -1.71. The maximum atomic E-state index is 11.7. The molecule has 1 aromatic heterocycles. The van der Waals surface area contributed by atoms with Crippen molar-refractivity contribution in [3.63, 3.8) is 0 Å². The molecule has 1 atom stereocenters. The molecule has 0 fully saturated rings. The van der Waals surface area contributed by atoms with Crippen LogP contribution in [0.1, 0.15) is 19.0 Å². The SMILES string of the molecule is CNC(CCS(=O)(=O)NCCc1cnc[nH]1)C(C)=O. The minimum absolute atomic E-state index is 0.0600. The molecule has 0 saturated carbocycles. The van der Waals surface area contributed by atoms with E-state index in [1.807, 2.05) is 0 Å². The van der Waals surface area contributed by atoms with Gasteiger partial charge in [-0.2, -0.15) is 0 Å². The number of carbonyl (C=O) groups excluding carboxylic acids is 1. The fraction of sp³-hybridized carbons (Fsp3) is 0.636. The number of aromatic amines is 1. The van der Waals surface area contributed by atoms with Crippen molar-refractivity contribution in [2.75, 3.05) is 19.3 Å². The second-order valence-electron chi connectivity index (χ2n) is 4.28. The van der Waals surface area contributed by atoms with Crippen LogP contribution in [0.25, 0.3) is 0 Å². The Morgan fingerprint density at radius 1 is 1.53 bits per heavy atom. The van der Waals surface area contributed by atoms with Gasteiger partial charge in [-0.25, -0.2) is 18.1 Å². The molecule has 0 radical (unpaired) electrons. The zero-order valence-corrected chi connectivity index (χ0v) is 12.0. The van der Waals surface area contributed by atoms with Crippen molar-refractivity contribution in [1.29, 1.82) is 0 Å². The van der Waals surface area contributed by atoms with Gasteiger partial charge in [0.05, 0.1) is 18.1 Å². The number of imidazole rings is 1. The largest absolute Gasteiger partial charge is 0.348 e. The molecule has 0 amide bonds. The van der Waals surface area contributed by atoms with Crippen molar-refractivity contribution in [3.05, 3.63) is 18.2 Å². The van der Waals surface area contributed by atoms with Crippen LogP contribution in [0.15, 0.2) is 12.5 Å². The molecule has 1 rings (SSSR count). The average Bonchev–Trinajstić information content (AvgIpc) is 2.82. The Balaban J connectivity index is 2.33. The highest BCUT2D eigenvalue weighted by molar-refractivity contribution is 7.89. The predicted molar refractivity (Wildman–Crippen MR) is 72.2 cm³/mol. The first kappa shape index (κ1) is 15.8. The Morgan fingerprint density at radius 3 is 2.79 bits per heavy atom.